The summed E-state index contributed by atoms with van der Waals surface area (Å²) in [5, 5.41) is 5.85. The number of nitrogens with one attached hydrogen (secondary N) is 2. The van der Waals surface area contributed by atoms with Crippen molar-refractivity contribution in [2.45, 2.75) is 33.4 Å². The molecule has 0 spiro atoms. The minimum Gasteiger partial charge on any atom is -0.375 e. The Labute approximate surface area is 170 Å². The Morgan fingerprint density at radius 1 is 1.14 bits per heavy atom. The van der Waals surface area contributed by atoms with Gasteiger partial charge in [0.05, 0.1) is 17.1 Å². The molecular formula is C22H26N4O3. The molecule has 1 aromatic heterocycles. The van der Waals surface area contributed by atoms with E-state index in [2.05, 4.69) is 15.6 Å². The number of ether oxygens (including phenoxy) is 1. The molecule has 29 heavy (non-hydrogen) atoms. The van der Waals surface area contributed by atoms with Gasteiger partial charge in [0.25, 0.3) is 0 Å². The first kappa shape index (κ1) is 20.5. The molecular weight excluding hydrogens is 368 g/mol. The normalized spacial score (nSPS) is 12.0. The maximum absolute atomic E-state index is 12.8. The first-order valence-corrected chi connectivity index (χ1v) is 9.49. The van der Waals surface area contributed by atoms with Crippen molar-refractivity contribution in [1.29, 1.82) is 0 Å². The summed E-state index contributed by atoms with van der Waals surface area (Å²) >= 11 is 0. The van der Waals surface area contributed by atoms with Crippen molar-refractivity contribution in [1.82, 2.24) is 14.9 Å². The molecule has 2 amide bonds. The third-order valence-electron chi connectivity index (χ3n) is 4.69. The number of anilines is 1. The van der Waals surface area contributed by atoms with Crippen LogP contribution < -0.4 is 10.6 Å². The molecule has 1 heterocycles. The van der Waals surface area contributed by atoms with Crippen LogP contribution in [0.2, 0.25) is 0 Å². The predicted molar refractivity (Wildman–Crippen MR) is 113 cm³/mol. The number of methoxy groups -OCH3 is 1. The molecule has 0 saturated heterocycles. The van der Waals surface area contributed by atoms with Crippen molar-refractivity contribution in [2.75, 3.05) is 19.0 Å². The van der Waals surface area contributed by atoms with Crippen LogP contribution in [0.1, 0.15) is 29.9 Å². The quantitative estimate of drug-likeness (QED) is 0.645. The largest absolute Gasteiger partial charge is 0.375 e. The molecule has 0 bridgehead atoms. The average Bonchev–Trinajstić information content (AvgIpc) is 3.03. The van der Waals surface area contributed by atoms with Crippen LogP contribution in [0.4, 0.5) is 5.69 Å². The second-order valence-electron chi connectivity index (χ2n) is 7.13. The van der Waals surface area contributed by atoms with Crippen molar-refractivity contribution in [3.8, 4) is 0 Å². The molecule has 3 aromatic rings. The van der Waals surface area contributed by atoms with Gasteiger partial charge >= 0.3 is 0 Å². The Morgan fingerprint density at radius 3 is 2.66 bits per heavy atom. The lowest BCUT2D eigenvalue weighted by Gasteiger charge is -2.16. The van der Waals surface area contributed by atoms with Crippen LogP contribution in [0.3, 0.4) is 0 Å². The monoisotopic (exact) mass is 394 g/mol. The summed E-state index contributed by atoms with van der Waals surface area (Å²) in [4.78, 5) is 29.4. The highest BCUT2D eigenvalue weighted by atomic mass is 16.5. The fourth-order valence-corrected chi connectivity index (χ4v) is 3.27. The number of aryl methyl sites for hydroxylation is 2. The van der Waals surface area contributed by atoms with Gasteiger partial charge in [0.2, 0.25) is 11.8 Å². The van der Waals surface area contributed by atoms with Gasteiger partial charge < -0.3 is 19.9 Å². The molecule has 7 heteroatoms. The summed E-state index contributed by atoms with van der Waals surface area (Å²) in [6.45, 7) is 5.85. The number of carbonyl (C=O) groups is 2. The van der Waals surface area contributed by atoms with Gasteiger partial charge in [0.15, 0.2) is 0 Å². The second kappa shape index (κ2) is 8.87. The van der Waals surface area contributed by atoms with E-state index in [1.165, 1.54) is 7.11 Å². The number of rotatable bonds is 7. The molecule has 3 rings (SSSR count). The molecule has 0 aliphatic heterocycles. The maximum atomic E-state index is 12.8. The number of hydrogen-bond donors (Lipinski definition) is 2. The van der Waals surface area contributed by atoms with Gasteiger partial charge in [0.1, 0.15) is 19.0 Å². The number of carbonyl (C=O) groups excluding carboxylic acids is 2. The fraction of sp³-hybridized carbons (Fsp3) is 0.318. The molecule has 2 aromatic carbocycles. The molecule has 0 fully saturated rings. The van der Waals surface area contributed by atoms with E-state index in [-0.39, 0.29) is 31.0 Å². The molecule has 0 aliphatic carbocycles. The van der Waals surface area contributed by atoms with E-state index in [0.29, 0.717) is 5.82 Å². The lowest BCUT2D eigenvalue weighted by Crippen LogP contribution is -2.32. The summed E-state index contributed by atoms with van der Waals surface area (Å²) in [7, 11) is 1.47. The lowest BCUT2D eigenvalue weighted by atomic mass is 10.1. The zero-order chi connectivity index (χ0) is 21.0. The number of amides is 2. The van der Waals surface area contributed by atoms with Crippen LogP contribution in [0, 0.1) is 13.8 Å². The van der Waals surface area contributed by atoms with Gasteiger partial charge in [-0.2, -0.15) is 0 Å². The zero-order valence-corrected chi connectivity index (χ0v) is 17.2. The first-order chi connectivity index (χ1) is 13.9. The molecule has 1 atom stereocenters. The number of para-hydroxylation sites is 2. The van der Waals surface area contributed by atoms with Crippen LogP contribution in [0.15, 0.2) is 42.5 Å². The topological polar surface area (TPSA) is 85.2 Å². The summed E-state index contributed by atoms with van der Waals surface area (Å²) in [5.74, 6) is 0.226. The van der Waals surface area contributed by atoms with Gasteiger partial charge in [-0.05, 0) is 50.1 Å². The molecule has 2 N–H and O–H groups in total. The summed E-state index contributed by atoms with van der Waals surface area (Å²) in [6, 6.07) is 13.2. The van der Waals surface area contributed by atoms with Crippen LogP contribution in [-0.2, 0) is 20.9 Å². The predicted octanol–water partition coefficient (Wildman–Crippen LogP) is 3.12. The zero-order valence-electron chi connectivity index (χ0n) is 17.2. The Balaban J connectivity index is 1.88. The summed E-state index contributed by atoms with van der Waals surface area (Å²) < 4.78 is 6.72. The van der Waals surface area contributed by atoms with Gasteiger partial charge in [-0.3, -0.25) is 9.59 Å². The highest BCUT2D eigenvalue weighted by Crippen LogP contribution is 2.22. The van der Waals surface area contributed by atoms with E-state index in [9.17, 15) is 9.59 Å². The Morgan fingerprint density at radius 2 is 1.90 bits per heavy atom. The van der Waals surface area contributed by atoms with Crippen LogP contribution in [0.5, 0.6) is 0 Å². The van der Waals surface area contributed by atoms with Crippen LogP contribution >= 0.6 is 0 Å². The van der Waals surface area contributed by atoms with Crippen molar-refractivity contribution in [3.05, 3.63) is 59.4 Å². The number of imidazole rings is 1. The smallest absolute Gasteiger partial charge is 0.246 e. The SMILES string of the molecule is COCC(=O)NC(C)c1nc2ccccc2n1CC(=O)Nc1cc(C)ccc1C. The van der Waals surface area contributed by atoms with Gasteiger partial charge in [0, 0.05) is 12.8 Å². The summed E-state index contributed by atoms with van der Waals surface area (Å²) in [6.07, 6.45) is 0. The van der Waals surface area contributed by atoms with Gasteiger partial charge in [-0.15, -0.1) is 0 Å². The van der Waals surface area contributed by atoms with E-state index >= 15 is 0 Å². The number of hydrogen-bond acceptors (Lipinski definition) is 4. The lowest BCUT2D eigenvalue weighted by molar-refractivity contribution is -0.125. The molecule has 7 nitrogen and oxygen atoms in total. The van der Waals surface area contributed by atoms with Crippen LogP contribution in [-0.4, -0.2) is 35.1 Å². The number of nitrogens with zero attached hydrogens (tertiary/aromatic N) is 2. The van der Waals surface area contributed by atoms with Crippen molar-refractivity contribution >= 4 is 28.5 Å². The van der Waals surface area contributed by atoms with Crippen LogP contribution in [0.25, 0.3) is 11.0 Å². The Hall–Kier alpha value is -3.19. The molecule has 0 saturated carbocycles. The molecule has 152 valence electrons. The third-order valence-corrected chi connectivity index (χ3v) is 4.69. The minimum atomic E-state index is -0.376. The van der Waals surface area contributed by atoms with Crippen molar-refractivity contribution < 1.29 is 14.3 Å². The highest BCUT2D eigenvalue weighted by molar-refractivity contribution is 5.92. The summed E-state index contributed by atoms with van der Waals surface area (Å²) in [5.41, 5.74) is 4.48. The van der Waals surface area contributed by atoms with E-state index in [1.807, 2.05) is 67.8 Å². The highest BCUT2D eigenvalue weighted by Gasteiger charge is 2.20. The second-order valence-corrected chi connectivity index (χ2v) is 7.13. The van der Waals surface area contributed by atoms with E-state index in [0.717, 1.165) is 27.8 Å². The minimum absolute atomic E-state index is 0.0301. The number of benzene rings is 2. The van der Waals surface area contributed by atoms with Gasteiger partial charge in [-0.1, -0.05) is 24.3 Å². The number of aromatic nitrogens is 2. The fourth-order valence-electron chi connectivity index (χ4n) is 3.27. The average molecular weight is 394 g/mol. The van der Waals surface area contributed by atoms with E-state index in [4.69, 9.17) is 4.74 Å². The van der Waals surface area contributed by atoms with Gasteiger partial charge in [-0.25, -0.2) is 4.98 Å². The van der Waals surface area contributed by atoms with Crippen molar-refractivity contribution in [2.24, 2.45) is 0 Å². The maximum Gasteiger partial charge on any atom is 0.246 e. The van der Waals surface area contributed by atoms with E-state index in [1.54, 1.807) is 0 Å². The Bertz CT molecular complexity index is 1040. The number of fused-ring (bicyclic) bond motifs is 1. The Kier molecular flexibility index (Phi) is 6.29. The molecule has 1 unspecified atom stereocenters. The van der Waals surface area contributed by atoms with Crippen molar-refractivity contribution in [3.63, 3.8) is 0 Å². The third kappa shape index (κ3) is 4.81. The van der Waals surface area contributed by atoms with E-state index < -0.39 is 0 Å². The first-order valence-electron chi connectivity index (χ1n) is 9.49. The molecule has 0 radical (unpaired) electrons. The standard InChI is InChI=1S/C22H26N4O3/c1-14-9-10-15(2)18(11-14)24-20(27)12-26-19-8-6-5-7-17(19)25-22(26)16(3)23-21(28)13-29-4/h5-11,16H,12-13H2,1-4H3,(H,23,28)(H,24,27). The molecule has 0 aliphatic rings.